The highest BCUT2D eigenvalue weighted by Gasteiger charge is 2.25. The molecule has 2 saturated heterocycles. The topological polar surface area (TPSA) is 15.3 Å². The molecule has 0 aromatic rings. The van der Waals surface area contributed by atoms with Crippen LogP contribution >= 0.6 is 12.4 Å². The van der Waals surface area contributed by atoms with Crippen LogP contribution in [0.15, 0.2) is 0 Å². The SMILES string of the molecule is CCC1CCCN(C2CCNCC2)C1.Cl. The summed E-state index contributed by atoms with van der Waals surface area (Å²) < 4.78 is 0. The Morgan fingerprint density at radius 2 is 1.93 bits per heavy atom. The van der Waals surface area contributed by atoms with Gasteiger partial charge in [0.1, 0.15) is 0 Å². The highest BCUT2D eigenvalue weighted by Crippen LogP contribution is 2.23. The largest absolute Gasteiger partial charge is 0.317 e. The molecule has 1 N–H and O–H groups in total. The number of piperidine rings is 2. The number of rotatable bonds is 2. The van der Waals surface area contributed by atoms with Crippen molar-refractivity contribution in [2.45, 2.75) is 45.1 Å². The summed E-state index contributed by atoms with van der Waals surface area (Å²) in [4.78, 5) is 2.76. The van der Waals surface area contributed by atoms with Crippen molar-refractivity contribution in [3.05, 3.63) is 0 Å². The van der Waals surface area contributed by atoms with E-state index in [1.807, 2.05) is 0 Å². The summed E-state index contributed by atoms with van der Waals surface area (Å²) in [6.45, 7) is 7.55. The fourth-order valence-electron chi connectivity index (χ4n) is 2.93. The minimum absolute atomic E-state index is 0. The van der Waals surface area contributed by atoms with E-state index in [0.29, 0.717) is 0 Å². The predicted molar refractivity (Wildman–Crippen MR) is 67.7 cm³/mol. The number of hydrogen-bond donors (Lipinski definition) is 1. The summed E-state index contributed by atoms with van der Waals surface area (Å²) in [7, 11) is 0. The second-order valence-electron chi connectivity index (χ2n) is 4.89. The van der Waals surface area contributed by atoms with E-state index >= 15 is 0 Å². The van der Waals surface area contributed by atoms with Crippen molar-refractivity contribution in [1.29, 1.82) is 0 Å². The van der Waals surface area contributed by atoms with Gasteiger partial charge in [-0.3, -0.25) is 0 Å². The first-order valence-corrected chi connectivity index (χ1v) is 6.35. The molecule has 90 valence electrons. The average molecular weight is 233 g/mol. The fraction of sp³-hybridized carbons (Fsp3) is 1.00. The lowest BCUT2D eigenvalue weighted by molar-refractivity contribution is 0.101. The fourth-order valence-corrected chi connectivity index (χ4v) is 2.93. The van der Waals surface area contributed by atoms with Gasteiger partial charge in [-0.05, 0) is 51.2 Å². The van der Waals surface area contributed by atoms with Crippen molar-refractivity contribution < 1.29 is 0 Å². The Morgan fingerprint density at radius 1 is 1.20 bits per heavy atom. The van der Waals surface area contributed by atoms with Crippen molar-refractivity contribution in [3.63, 3.8) is 0 Å². The van der Waals surface area contributed by atoms with Gasteiger partial charge in [-0.2, -0.15) is 0 Å². The minimum atomic E-state index is 0. The van der Waals surface area contributed by atoms with Gasteiger partial charge in [-0.25, -0.2) is 0 Å². The molecule has 2 aliphatic heterocycles. The van der Waals surface area contributed by atoms with Crippen LogP contribution in [0.2, 0.25) is 0 Å². The highest BCUT2D eigenvalue weighted by atomic mass is 35.5. The first kappa shape index (κ1) is 13.3. The van der Waals surface area contributed by atoms with Gasteiger partial charge >= 0.3 is 0 Å². The molecule has 1 unspecified atom stereocenters. The summed E-state index contributed by atoms with van der Waals surface area (Å²) >= 11 is 0. The standard InChI is InChI=1S/C12H24N2.ClH/c1-2-11-4-3-9-14(10-11)12-5-7-13-8-6-12;/h11-13H,2-10H2,1H3;1H. The van der Waals surface area contributed by atoms with Gasteiger partial charge in [0.15, 0.2) is 0 Å². The van der Waals surface area contributed by atoms with E-state index in [1.165, 1.54) is 58.3 Å². The zero-order chi connectivity index (χ0) is 9.80. The van der Waals surface area contributed by atoms with E-state index < -0.39 is 0 Å². The van der Waals surface area contributed by atoms with Gasteiger partial charge < -0.3 is 10.2 Å². The Morgan fingerprint density at radius 3 is 2.60 bits per heavy atom. The molecule has 3 heteroatoms. The minimum Gasteiger partial charge on any atom is -0.317 e. The second kappa shape index (κ2) is 6.72. The molecular formula is C12H25ClN2. The highest BCUT2D eigenvalue weighted by molar-refractivity contribution is 5.85. The molecule has 0 aromatic heterocycles. The molecule has 0 radical (unpaired) electrons. The van der Waals surface area contributed by atoms with Crippen LogP contribution in [-0.4, -0.2) is 37.1 Å². The summed E-state index contributed by atoms with van der Waals surface area (Å²) in [5, 5.41) is 3.45. The summed E-state index contributed by atoms with van der Waals surface area (Å²) in [6.07, 6.45) is 7.02. The molecule has 0 amide bonds. The number of hydrogen-bond acceptors (Lipinski definition) is 2. The smallest absolute Gasteiger partial charge is 0.0119 e. The maximum Gasteiger partial charge on any atom is 0.0119 e. The van der Waals surface area contributed by atoms with Gasteiger partial charge in [-0.1, -0.05) is 13.3 Å². The van der Waals surface area contributed by atoms with Crippen LogP contribution in [0.4, 0.5) is 0 Å². The third-order valence-electron chi connectivity index (χ3n) is 3.95. The first-order valence-electron chi connectivity index (χ1n) is 6.35. The third kappa shape index (κ3) is 3.61. The van der Waals surface area contributed by atoms with Crippen LogP contribution in [0.1, 0.15) is 39.0 Å². The van der Waals surface area contributed by atoms with Gasteiger partial charge in [0.2, 0.25) is 0 Å². The van der Waals surface area contributed by atoms with Crippen LogP contribution in [0.5, 0.6) is 0 Å². The average Bonchev–Trinajstić information content (AvgIpc) is 2.30. The van der Waals surface area contributed by atoms with Crippen LogP contribution < -0.4 is 5.32 Å². The van der Waals surface area contributed by atoms with Crippen molar-refractivity contribution in [2.24, 2.45) is 5.92 Å². The third-order valence-corrected chi connectivity index (χ3v) is 3.95. The molecule has 2 rings (SSSR count). The number of halogens is 1. The van der Waals surface area contributed by atoms with E-state index in [0.717, 1.165) is 12.0 Å². The summed E-state index contributed by atoms with van der Waals surface area (Å²) in [6, 6.07) is 0.894. The maximum absolute atomic E-state index is 3.45. The number of nitrogens with one attached hydrogen (secondary N) is 1. The Kier molecular flexibility index (Phi) is 5.95. The normalized spacial score (nSPS) is 29.8. The predicted octanol–water partition coefficient (Wildman–Crippen LogP) is 2.28. The molecule has 0 bridgehead atoms. The quantitative estimate of drug-likeness (QED) is 0.786. The maximum atomic E-state index is 3.45. The van der Waals surface area contributed by atoms with Crippen molar-refractivity contribution in [3.8, 4) is 0 Å². The molecule has 2 fully saturated rings. The molecule has 0 spiro atoms. The lowest BCUT2D eigenvalue weighted by Gasteiger charge is -2.40. The number of likely N-dealkylation sites (tertiary alicyclic amines) is 1. The lowest BCUT2D eigenvalue weighted by atomic mass is 9.92. The Hall–Kier alpha value is 0.210. The van der Waals surface area contributed by atoms with Crippen molar-refractivity contribution in [1.82, 2.24) is 10.2 Å². The molecule has 2 heterocycles. The molecular weight excluding hydrogens is 208 g/mol. The summed E-state index contributed by atoms with van der Waals surface area (Å²) in [5.74, 6) is 0.985. The molecule has 0 aromatic carbocycles. The summed E-state index contributed by atoms with van der Waals surface area (Å²) in [5.41, 5.74) is 0. The van der Waals surface area contributed by atoms with Gasteiger partial charge in [0, 0.05) is 12.6 Å². The van der Waals surface area contributed by atoms with E-state index in [9.17, 15) is 0 Å². The van der Waals surface area contributed by atoms with Gasteiger partial charge in [0.05, 0.1) is 0 Å². The monoisotopic (exact) mass is 232 g/mol. The Labute approximate surface area is 100 Å². The molecule has 1 atom stereocenters. The van der Waals surface area contributed by atoms with Gasteiger partial charge in [0.25, 0.3) is 0 Å². The first-order chi connectivity index (χ1) is 6.90. The Bertz CT molecular complexity index is 169. The van der Waals surface area contributed by atoms with E-state index in [1.54, 1.807) is 0 Å². The van der Waals surface area contributed by atoms with Crippen LogP contribution in [-0.2, 0) is 0 Å². The number of nitrogens with zero attached hydrogens (tertiary/aromatic N) is 1. The zero-order valence-corrected chi connectivity index (χ0v) is 10.7. The molecule has 0 saturated carbocycles. The van der Waals surface area contributed by atoms with Crippen molar-refractivity contribution in [2.75, 3.05) is 26.2 Å². The van der Waals surface area contributed by atoms with Crippen molar-refractivity contribution >= 4 is 12.4 Å². The van der Waals surface area contributed by atoms with Crippen LogP contribution in [0.25, 0.3) is 0 Å². The molecule has 2 nitrogen and oxygen atoms in total. The van der Waals surface area contributed by atoms with Gasteiger partial charge in [-0.15, -0.1) is 12.4 Å². The lowest BCUT2D eigenvalue weighted by Crippen LogP contribution is -2.47. The van der Waals surface area contributed by atoms with Crippen LogP contribution in [0.3, 0.4) is 0 Å². The zero-order valence-electron chi connectivity index (χ0n) is 9.87. The second-order valence-corrected chi connectivity index (χ2v) is 4.89. The van der Waals surface area contributed by atoms with E-state index in [4.69, 9.17) is 0 Å². The molecule has 15 heavy (non-hydrogen) atoms. The van der Waals surface area contributed by atoms with E-state index in [-0.39, 0.29) is 12.4 Å². The van der Waals surface area contributed by atoms with Crippen LogP contribution in [0, 0.1) is 5.92 Å². The Balaban J connectivity index is 0.00000112. The van der Waals surface area contributed by atoms with E-state index in [2.05, 4.69) is 17.1 Å². The molecule has 0 aliphatic carbocycles. The molecule has 2 aliphatic rings.